The topological polar surface area (TPSA) is 15.3 Å². The Morgan fingerprint density at radius 3 is 2.94 bits per heavy atom. The second-order valence-electron chi connectivity index (χ2n) is 5.08. The van der Waals surface area contributed by atoms with Crippen molar-refractivity contribution in [2.45, 2.75) is 39.7 Å². The van der Waals surface area contributed by atoms with E-state index in [9.17, 15) is 0 Å². The van der Waals surface area contributed by atoms with Gasteiger partial charge in [0.05, 0.1) is 0 Å². The van der Waals surface area contributed by atoms with E-state index in [2.05, 4.69) is 49.2 Å². The molecule has 2 rings (SSSR count). The molecule has 1 N–H and O–H groups in total. The summed E-state index contributed by atoms with van der Waals surface area (Å²) >= 11 is 0. The van der Waals surface area contributed by atoms with E-state index in [4.69, 9.17) is 0 Å². The molecule has 17 heavy (non-hydrogen) atoms. The first-order valence-corrected chi connectivity index (χ1v) is 6.77. The van der Waals surface area contributed by atoms with E-state index in [0.717, 1.165) is 13.1 Å². The summed E-state index contributed by atoms with van der Waals surface area (Å²) in [4.78, 5) is 2.55. The molecule has 1 aromatic rings. The minimum atomic E-state index is 0.636. The Morgan fingerprint density at radius 2 is 2.18 bits per heavy atom. The molecule has 1 heterocycles. The van der Waals surface area contributed by atoms with E-state index in [1.165, 1.54) is 36.2 Å². The third-order valence-corrected chi connectivity index (χ3v) is 3.89. The van der Waals surface area contributed by atoms with Gasteiger partial charge in [-0.1, -0.05) is 19.1 Å². The van der Waals surface area contributed by atoms with Crippen LogP contribution in [-0.2, 0) is 0 Å². The Labute approximate surface area is 105 Å². The molecule has 0 aliphatic carbocycles. The second-order valence-corrected chi connectivity index (χ2v) is 5.08. The molecule has 1 saturated heterocycles. The molecule has 1 fully saturated rings. The standard InChI is InChI=1S/C15H24N2/c1-4-14-11-17(10-6-9-16-14)15-8-5-7-12(2)13(15)3/h5,7-8,14,16H,4,6,9-11H2,1-3H3. The van der Waals surface area contributed by atoms with Crippen molar-refractivity contribution >= 4 is 5.69 Å². The van der Waals surface area contributed by atoms with Gasteiger partial charge >= 0.3 is 0 Å². The van der Waals surface area contributed by atoms with Gasteiger partial charge in [0.15, 0.2) is 0 Å². The smallest absolute Gasteiger partial charge is 0.0399 e. The van der Waals surface area contributed by atoms with Crippen LogP contribution in [0.2, 0.25) is 0 Å². The molecule has 0 amide bonds. The molecule has 1 aliphatic heterocycles. The maximum atomic E-state index is 3.62. The van der Waals surface area contributed by atoms with Gasteiger partial charge in [0.2, 0.25) is 0 Å². The molecule has 0 saturated carbocycles. The van der Waals surface area contributed by atoms with Gasteiger partial charge < -0.3 is 10.2 Å². The predicted molar refractivity (Wildman–Crippen MR) is 74.8 cm³/mol. The van der Waals surface area contributed by atoms with E-state index in [-0.39, 0.29) is 0 Å². The lowest BCUT2D eigenvalue weighted by Gasteiger charge is -2.28. The zero-order valence-corrected chi connectivity index (χ0v) is 11.3. The maximum absolute atomic E-state index is 3.62. The third kappa shape index (κ3) is 2.81. The first kappa shape index (κ1) is 12.4. The molecule has 2 heteroatoms. The molecule has 0 bridgehead atoms. The number of aryl methyl sites for hydroxylation is 1. The van der Waals surface area contributed by atoms with Crippen LogP contribution < -0.4 is 10.2 Å². The molecule has 94 valence electrons. The Balaban J connectivity index is 2.22. The Hall–Kier alpha value is -1.02. The lowest BCUT2D eigenvalue weighted by atomic mass is 10.1. The highest BCUT2D eigenvalue weighted by atomic mass is 15.2. The van der Waals surface area contributed by atoms with Crippen LogP contribution in [0.3, 0.4) is 0 Å². The molecule has 1 aliphatic rings. The van der Waals surface area contributed by atoms with E-state index < -0.39 is 0 Å². The summed E-state index contributed by atoms with van der Waals surface area (Å²) in [5.74, 6) is 0. The number of benzene rings is 1. The van der Waals surface area contributed by atoms with E-state index >= 15 is 0 Å². The van der Waals surface area contributed by atoms with Crippen molar-refractivity contribution in [1.82, 2.24) is 5.32 Å². The summed E-state index contributed by atoms with van der Waals surface area (Å²) < 4.78 is 0. The summed E-state index contributed by atoms with van der Waals surface area (Å²) in [5, 5.41) is 3.62. The van der Waals surface area contributed by atoms with Gasteiger partial charge in [-0.25, -0.2) is 0 Å². The Bertz CT molecular complexity index is 373. The fraction of sp³-hybridized carbons (Fsp3) is 0.600. The Kier molecular flexibility index (Phi) is 4.06. The van der Waals surface area contributed by atoms with E-state index in [0.29, 0.717) is 6.04 Å². The van der Waals surface area contributed by atoms with E-state index in [1.54, 1.807) is 0 Å². The van der Waals surface area contributed by atoms with Crippen molar-refractivity contribution < 1.29 is 0 Å². The second kappa shape index (κ2) is 5.54. The van der Waals surface area contributed by atoms with E-state index in [1.807, 2.05) is 0 Å². The SMILES string of the molecule is CCC1CN(c2cccc(C)c2C)CCCN1. The number of hydrogen-bond acceptors (Lipinski definition) is 2. The van der Waals surface area contributed by atoms with Crippen molar-refractivity contribution in [2.75, 3.05) is 24.5 Å². The highest BCUT2D eigenvalue weighted by Gasteiger charge is 2.17. The molecular formula is C15H24N2. The van der Waals surface area contributed by atoms with Crippen LogP contribution in [0.5, 0.6) is 0 Å². The fourth-order valence-electron chi connectivity index (χ4n) is 2.57. The Morgan fingerprint density at radius 1 is 1.35 bits per heavy atom. The van der Waals surface area contributed by atoms with Crippen LogP contribution in [0.15, 0.2) is 18.2 Å². The summed E-state index contributed by atoms with van der Waals surface area (Å²) in [6.07, 6.45) is 2.45. The molecule has 1 atom stereocenters. The quantitative estimate of drug-likeness (QED) is 0.843. The summed E-state index contributed by atoms with van der Waals surface area (Å²) in [6, 6.07) is 7.28. The largest absolute Gasteiger partial charge is 0.370 e. The number of hydrogen-bond donors (Lipinski definition) is 1. The van der Waals surface area contributed by atoms with Crippen molar-refractivity contribution in [3.63, 3.8) is 0 Å². The summed E-state index contributed by atoms with van der Waals surface area (Å²) in [7, 11) is 0. The van der Waals surface area contributed by atoms with Crippen LogP contribution in [0.1, 0.15) is 30.9 Å². The maximum Gasteiger partial charge on any atom is 0.0399 e. The molecule has 1 aromatic carbocycles. The van der Waals surface area contributed by atoms with Gasteiger partial charge in [-0.15, -0.1) is 0 Å². The van der Waals surface area contributed by atoms with Crippen LogP contribution in [0.4, 0.5) is 5.69 Å². The van der Waals surface area contributed by atoms with Crippen LogP contribution >= 0.6 is 0 Å². The highest BCUT2D eigenvalue weighted by molar-refractivity contribution is 5.56. The lowest BCUT2D eigenvalue weighted by Crippen LogP contribution is -2.37. The first-order chi connectivity index (χ1) is 8.22. The van der Waals surface area contributed by atoms with Gasteiger partial charge in [-0.3, -0.25) is 0 Å². The van der Waals surface area contributed by atoms with Gasteiger partial charge in [0.1, 0.15) is 0 Å². The van der Waals surface area contributed by atoms with Crippen molar-refractivity contribution in [1.29, 1.82) is 0 Å². The summed E-state index contributed by atoms with van der Waals surface area (Å²) in [5.41, 5.74) is 4.25. The monoisotopic (exact) mass is 232 g/mol. The molecular weight excluding hydrogens is 208 g/mol. The zero-order valence-electron chi connectivity index (χ0n) is 11.3. The highest BCUT2D eigenvalue weighted by Crippen LogP contribution is 2.24. The molecule has 0 spiro atoms. The van der Waals surface area contributed by atoms with Gasteiger partial charge in [-0.05, 0) is 50.4 Å². The van der Waals surface area contributed by atoms with Gasteiger partial charge in [0.25, 0.3) is 0 Å². The summed E-state index contributed by atoms with van der Waals surface area (Å²) in [6.45, 7) is 10.2. The number of nitrogens with one attached hydrogen (secondary N) is 1. The van der Waals surface area contributed by atoms with Crippen LogP contribution in [-0.4, -0.2) is 25.7 Å². The molecule has 0 aromatic heterocycles. The zero-order chi connectivity index (χ0) is 12.3. The average Bonchev–Trinajstić information content (AvgIpc) is 2.58. The average molecular weight is 232 g/mol. The molecule has 1 unspecified atom stereocenters. The predicted octanol–water partition coefficient (Wildman–Crippen LogP) is 2.88. The first-order valence-electron chi connectivity index (χ1n) is 6.77. The minimum Gasteiger partial charge on any atom is -0.370 e. The molecule has 0 radical (unpaired) electrons. The van der Waals surface area contributed by atoms with Crippen LogP contribution in [0.25, 0.3) is 0 Å². The fourth-order valence-corrected chi connectivity index (χ4v) is 2.57. The lowest BCUT2D eigenvalue weighted by molar-refractivity contribution is 0.528. The number of anilines is 1. The molecule has 2 nitrogen and oxygen atoms in total. The van der Waals surface area contributed by atoms with Crippen molar-refractivity contribution in [3.8, 4) is 0 Å². The van der Waals surface area contributed by atoms with Crippen molar-refractivity contribution in [2.24, 2.45) is 0 Å². The van der Waals surface area contributed by atoms with Gasteiger partial charge in [-0.2, -0.15) is 0 Å². The third-order valence-electron chi connectivity index (χ3n) is 3.89. The van der Waals surface area contributed by atoms with Gasteiger partial charge in [0, 0.05) is 24.8 Å². The number of rotatable bonds is 2. The van der Waals surface area contributed by atoms with Crippen LogP contribution in [0, 0.1) is 13.8 Å². The number of nitrogens with zero attached hydrogens (tertiary/aromatic N) is 1. The normalized spacial score (nSPS) is 21.4. The minimum absolute atomic E-state index is 0.636. The van der Waals surface area contributed by atoms with Crippen molar-refractivity contribution in [3.05, 3.63) is 29.3 Å².